The van der Waals surface area contributed by atoms with Crippen LogP contribution < -0.4 is 0 Å². The molecule has 0 amide bonds. The zero-order valence-corrected chi connectivity index (χ0v) is 18.2. The molecule has 0 unspecified atom stereocenters. The fourth-order valence-corrected chi connectivity index (χ4v) is 5.32. The maximum absolute atomic E-state index is 5.39. The van der Waals surface area contributed by atoms with Crippen molar-refractivity contribution in [3.05, 3.63) is 54.0 Å². The number of aromatic amines is 1. The van der Waals surface area contributed by atoms with Crippen molar-refractivity contribution >= 4 is 16.6 Å². The van der Waals surface area contributed by atoms with Crippen LogP contribution in [-0.4, -0.2) is 56.8 Å². The average molecular weight is 416 g/mol. The predicted molar refractivity (Wildman–Crippen MR) is 123 cm³/mol. The topological polar surface area (TPSA) is 58.5 Å². The quantitative estimate of drug-likeness (QED) is 0.530. The normalized spacial score (nSPS) is 18.9. The molecule has 160 valence electrons. The number of nitrogens with zero attached hydrogens (tertiary/aromatic N) is 4. The van der Waals surface area contributed by atoms with Crippen molar-refractivity contribution in [1.29, 1.82) is 0 Å². The number of aromatic nitrogens is 4. The van der Waals surface area contributed by atoms with Gasteiger partial charge in [0.05, 0.1) is 24.9 Å². The molecule has 1 N–H and O–H groups in total. The highest BCUT2D eigenvalue weighted by atomic mass is 16.5. The Hall–Kier alpha value is -2.70. The summed E-state index contributed by atoms with van der Waals surface area (Å²) in [5.41, 5.74) is 7.35. The minimum Gasteiger partial charge on any atom is -0.378 e. The Bertz CT molecular complexity index is 1230. The van der Waals surface area contributed by atoms with E-state index in [1.807, 2.05) is 10.5 Å². The third kappa shape index (κ3) is 3.25. The SMILES string of the molecule is CC(C)c1c(-c2ccc3nncn3c2)[nH]c2ccc(C3CCN(C4COC4)CC3)cc12. The molecule has 2 aliphatic heterocycles. The highest BCUT2D eigenvalue weighted by molar-refractivity contribution is 5.92. The van der Waals surface area contributed by atoms with Crippen molar-refractivity contribution in [2.45, 2.75) is 44.6 Å². The number of hydrogen-bond acceptors (Lipinski definition) is 4. The molecule has 2 saturated heterocycles. The van der Waals surface area contributed by atoms with Crippen LogP contribution in [0.2, 0.25) is 0 Å². The lowest BCUT2D eigenvalue weighted by molar-refractivity contribution is -0.0712. The molecule has 0 radical (unpaired) electrons. The number of fused-ring (bicyclic) bond motifs is 2. The van der Waals surface area contributed by atoms with E-state index in [0.717, 1.165) is 18.9 Å². The van der Waals surface area contributed by atoms with Gasteiger partial charge in [0.25, 0.3) is 0 Å². The summed E-state index contributed by atoms with van der Waals surface area (Å²) < 4.78 is 7.37. The summed E-state index contributed by atoms with van der Waals surface area (Å²) in [7, 11) is 0. The Morgan fingerprint density at radius 1 is 1.10 bits per heavy atom. The first kappa shape index (κ1) is 19.0. The zero-order chi connectivity index (χ0) is 20.9. The van der Waals surface area contributed by atoms with Crippen LogP contribution in [0.5, 0.6) is 0 Å². The van der Waals surface area contributed by atoms with E-state index in [1.165, 1.54) is 59.2 Å². The molecule has 0 atom stereocenters. The lowest BCUT2D eigenvalue weighted by atomic mass is 9.87. The Kier molecular flexibility index (Phi) is 4.58. The summed E-state index contributed by atoms with van der Waals surface area (Å²) in [6.45, 7) is 8.78. The number of likely N-dealkylation sites (tertiary alicyclic amines) is 1. The number of hydrogen-bond donors (Lipinski definition) is 1. The van der Waals surface area contributed by atoms with Gasteiger partial charge in [0.1, 0.15) is 6.33 Å². The van der Waals surface area contributed by atoms with Gasteiger partial charge in [-0.3, -0.25) is 9.30 Å². The van der Waals surface area contributed by atoms with E-state index in [1.54, 1.807) is 6.33 Å². The summed E-state index contributed by atoms with van der Waals surface area (Å²) in [5.74, 6) is 1.07. The molecule has 0 spiro atoms. The van der Waals surface area contributed by atoms with Crippen molar-refractivity contribution in [2.75, 3.05) is 26.3 Å². The third-order valence-electron chi connectivity index (χ3n) is 7.16. The minimum atomic E-state index is 0.427. The lowest BCUT2D eigenvalue weighted by Gasteiger charge is -2.41. The second-order valence-electron chi connectivity index (χ2n) is 9.39. The van der Waals surface area contributed by atoms with Gasteiger partial charge in [-0.2, -0.15) is 0 Å². The fraction of sp³-hybridized carbons (Fsp3) is 0.440. The maximum atomic E-state index is 5.39. The summed E-state index contributed by atoms with van der Waals surface area (Å²) in [5, 5.41) is 9.51. The molecule has 4 aromatic rings. The van der Waals surface area contributed by atoms with E-state index in [0.29, 0.717) is 17.9 Å². The number of benzene rings is 1. The van der Waals surface area contributed by atoms with Gasteiger partial charge in [0.2, 0.25) is 0 Å². The Balaban J connectivity index is 1.35. The average Bonchev–Trinajstić information content (AvgIpc) is 3.36. The lowest BCUT2D eigenvalue weighted by Crippen LogP contribution is -2.51. The standard InChI is InChI=1S/C25H29N5O/c1-16(2)24-21-11-18(17-7-9-29(10-8-17)20-13-31-14-20)3-5-22(21)27-25(24)19-4-6-23-28-26-15-30(23)12-19/h3-6,11-12,15-17,20,27H,7-10,13-14H2,1-2H3. The zero-order valence-electron chi connectivity index (χ0n) is 18.2. The fourth-order valence-electron chi connectivity index (χ4n) is 5.32. The molecule has 2 fully saturated rings. The van der Waals surface area contributed by atoms with E-state index in [-0.39, 0.29) is 0 Å². The molecule has 6 heteroatoms. The highest BCUT2D eigenvalue weighted by Gasteiger charge is 2.30. The van der Waals surface area contributed by atoms with Crippen LogP contribution in [0.15, 0.2) is 42.9 Å². The van der Waals surface area contributed by atoms with E-state index in [9.17, 15) is 0 Å². The highest BCUT2D eigenvalue weighted by Crippen LogP contribution is 2.38. The van der Waals surface area contributed by atoms with Crippen LogP contribution in [0, 0.1) is 0 Å². The molecule has 6 rings (SSSR count). The van der Waals surface area contributed by atoms with Gasteiger partial charge in [-0.25, -0.2) is 0 Å². The van der Waals surface area contributed by atoms with Crippen molar-refractivity contribution in [3.8, 4) is 11.3 Å². The first-order valence-corrected chi connectivity index (χ1v) is 11.4. The Morgan fingerprint density at radius 2 is 1.94 bits per heavy atom. The smallest absolute Gasteiger partial charge is 0.160 e. The molecule has 0 bridgehead atoms. The van der Waals surface area contributed by atoms with Crippen LogP contribution in [-0.2, 0) is 4.74 Å². The second kappa shape index (κ2) is 7.46. The van der Waals surface area contributed by atoms with Gasteiger partial charge in [0, 0.05) is 22.7 Å². The van der Waals surface area contributed by atoms with E-state index < -0.39 is 0 Å². The van der Waals surface area contributed by atoms with Crippen molar-refractivity contribution in [2.24, 2.45) is 0 Å². The molecule has 1 aromatic carbocycles. The molecule has 0 aliphatic carbocycles. The van der Waals surface area contributed by atoms with Gasteiger partial charge >= 0.3 is 0 Å². The van der Waals surface area contributed by atoms with Crippen LogP contribution >= 0.6 is 0 Å². The van der Waals surface area contributed by atoms with Gasteiger partial charge in [-0.15, -0.1) is 10.2 Å². The summed E-state index contributed by atoms with van der Waals surface area (Å²) in [6, 6.07) is 11.9. The minimum absolute atomic E-state index is 0.427. The summed E-state index contributed by atoms with van der Waals surface area (Å²) >= 11 is 0. The van der Waals surface area contributed by atoms with Crippen LogP contribution in [0.3, 0.4) is 0 Å². The predicted octanol–water partition coefficient (Wildman–Crippen LogP) is 4.58. The number of pyridine rings is 1. The molecule has 6 nitrogen and oxygen atoms in total. The van der Waals surface area contributed by atoms with Crippen LogP contribution in [0.1, 0.15) is 49.7 Å². The van der Waals surface area contributed by atoms with E-state index in [2.05, 4.69) is 64.4 Å². The van der Waals surface area contributed by atoms with Crippen molar-refractivity contribution in [3.63, 3.8) is 0 Å². The Morgan fingerprint density at radius 3 is 2.68 bits per heavy atom. The number of rotatable bonds is 4. The third-order valence-corrected chi connectivity index (χ3v) is 7.16. The van der Waals surface area contributed by atoms with Gasteiger partial charge < -0.3 is 9.72 Å². The number of H-pyrrole nitrogens is 1. The van der Waals surface area contributed by atoms with E-state index >= 15 is 0 Å². The van der Waals surface area contributed by atoms with Gasteiger partial charge in [-0.1, -0.05) is 19.9 Å². The number of nitrogens with one attached hydrogen (secondary N) is 1. The first-order chi connectivity index (χ1) is 15.2. The monoisotopic (exact) mass is 415 g/mol. The summed E-state index contributed by atoms with van der Waals surface area (Å²) in [4.78, 5) is 6.33. The number of piperidine rings is 1. The molecule has 0 saturated carbocycles. The Labute approximate surface area is 182 Å². The molecule has 2 aliphatic rings. The maximum Gasteiger partial charge on any atom is 0.160 e. The van der Waals surface area contributed by atoms with Gasteiger partial charge in [0.15, 0.2) is 5.65 Å². The van der Waals surface area contributed by atoms with Gasteiger partial charge in [-0.05, 0) is 73.2 Å². The van der Waals surface area contributed by atoms with E-state index in [4.69, 9.17) is 4.74 Å². The summed E-state index contributed by atoms with van der Waals surface area (Å²) in [6.07, 6.45) is 6.35. The van der Waals surface area contributed by atoms with Crippen LogP contribution in [0.4, 0.5) is 0 Å². The van der Waals surface area contributed by atoms with Crippen molar-refractivity contribution in [1.82, 2.24) is 24.5 Å². The molecule has 3 aromatic heterocycles. The number of ether oxygens (including phenoxy) is 1. The molecular formula is C25H29N5O. The molecule has 5 heterocycles. The molecule has 31 heavy (non-hydrogen) atoms. The first-order valence-electron chi connectivity index (χ1n) is 11.4. The largest absolute Gasteiger partial charge is 0.378 e. The molecular weight excluding hydrogens is 386 g/mol. The van der Waals surface area contributed by atoms with Crippen molar-refractivity contribution < 1.29 is 4.74 Å². The second-order valence-corrected chi connectivity index (χ2v) is 9.39. The van der Waals surface area contributed by atoms with Crippen LogP contribution in [0.25, 0.3) is 27.8 Å².